The van der Waals surface area contributed by atoms with Crippen LogP contribution >= 0.6 is 0 Å². The summed E-state index contributed by atoms with van der Waals surface area (Å²) in [5.41, 5.74) is 0. The van der Waals surface area contributed by atoms with Gasteiger partial charge >= 0.3 is 5.97 Å². The predicted octanol–water partition coefficient (Wildman–Crippen LogP) is 3.04. The second-order valence-corrected chi connectivity index (χ2v) is 6.46. The molecule has 1 aliphatic carbocycles. The zero-order chi connectivity index (χ0) is 22.0. The van der Waals surface area contributed by atoms with E-state index in [0.717, 1.165) is 0 Å². The molecule has 0 aromatic carbocycles. The van der Waals surface area contributed by atoms with E-state index in [9.17, 15) is 20.1 Å². The molecule has 1 fully saturated rings. The summed E-state index contributed by atoms with van der Waals surface area (Å²) in [6, 6.07) is 0. The van der Waals surface area contributed by atoms with E-state index in [1.54, 1.807) is 6.08 Å². The van der Waals surface area contributed by atoms with Crippen LogP contribution in [-0.4, -0.2) is 44.7 Å². The molecule has 144 valence electrons. The second kappa shape index (κ2) is 12.2. The van der Waals surface area contributed by atoms with Crippen LogP contribution in [0.5, 0.6) is 0 Å². The fraction of sp³-hybridized carbons (Fsp3) is 0.750. The highest BCUT2D eigenvalue weighted by Gasteiger charge is 2.39. The van der Waals surface area contributed by atoms with Crippen LogP contribution in [0.2, 0.25) is 0 Å². The molecule has 1 saturated carbocycles. The minimum absolute atomic E-state index is 0.0282. The molecule has 5 heteroatoms. The van der Waals surface area contributed by atoms with Crippen LogP contribution in [0.4, 0.5) is 0 Å². The highest BCUT2D eigenvalue weighted by molar-refractivity contribution is 5.66. The Labute approximate surface area is 156 Å². The molecule has 8 atom stereocenters. The number of aliphatic carboxylic acids is 1. The van der Waals surface area contributed by atoms with Gasteiger partial charge in [0.25, 0.3) is 0 Å². The molecule has 0 heterocycles. The topological polar surface area (TPSA) is 98.0 Å². The largest absolute Gasteiger partial charge is 0.481 e. The normalized spacial score (nSPS) is 34.2. The summed E-state index contributed by atoms with van der Waals surface area (Å²) in [4.78, 5) is 10.5. The standard InChI is InChI=1S/C20H34O5/c1-2-3-6-9-15(21)12-13-17-16(18(22)14-19(17)23)10-7-4-5-8-11-20(24)25/h4,7,12-13,15-19,21-23H,2-3,5-6,8-11,14H2,1H3,(H,24,25)/b7-4-,13-12+/t15-,16-,17+,18-,19+/m0/s1/i1D,2D,3D,6D/t2?,3?,6?,15-,16-,17+,18-,19+. The van der Waals surface area contributed by atoms with E-state index in [2.05, 4.69) is 0 Å². The van der Waals surface area contributed by atoms with Crippen molar-refractivity contribution in [2.24, 2.45) is 11.8 Å². The lowest BCUT2D eigenvalue weighted by atomic mass is 9.89. The van der Waals surface area contributed by atoms with Crippen molar-refractivity contribution in [2.75, 3.05) is 0 Å². The summed E-state index contributed by atoms with van der Waals surface area (Å²) in [7, 11) is 0. The molecule has 0 spiro atoms. The molecule has 25 heavy (non-hydrogen) atoms. The minimum Gasteiger partial charge on any atom is -0.481 e. The summed E-state index contributed by atoms with van der Waals surface area (Å²) < 4.78 is 30.3. The number of carboxylic acids is 1. The number of aliphatic hydroxyl groups is 3. The Balaban J connectivity index is 2.57. The maximum Gasteiger partial charge on any atom is 0.303 e. The van der Waals surface area contributed by atoms with Crippen LogP contribution in [0.15, 0.2) is 24.3 Å². The van der Waals surface area contributed by atoms with Crippen LogP contribution < -0.4 is 0 Å². The van der Waals surface area contributed by atoms with Crippen molar-refractivity contribution in [3.63, 3.8) is 0 Å². The third-order valence-corrected chi connectivity index (χ3v) is 4.46. The molecule has 0 bridgehead atoms. The molecule has 3 unspecified atom stereocenters. The number of carbonyl (C=O) groups is 1. The number of rotatable bonds is 12. The average Bonchev–Trinajstić information content (AvgIpc) is 2.93. The number of aliphatic hydroxyl groups excluding tert-OH is 3. The first-order chi connectivity index (χ1) is 13.7. The van der Waals surface area contributed by atoms with Crippen molar-refractivity contribution in [2.45, 2.75) is 82.9 Å². The summed E-state index contributed by atoms with van der Waals surface area (Å²) in [6.07, 6.45) is 3.46. The summed E-state index contributed by atoms with van der Waals surface area (Å²) in [5, 5.41) is 39.2. The number of carboxylic acid groups (broad SMARTS) is 1. The van der Waals surface area contributed by atoms with E-state index in [1.807, 2.05) is 12.2 Å². The van der Waals surface area contributed by atoms with Crippen LogP contribution in [0.25, 0.3) is 0 Å². The molecule has 1 rings (SSSR count). The first-order valence-corrected chi connectivity index (χ1v) is 8.82. The lowest BCUT2D eigenvalue weighted by Crippen LogP contribution is -2.20. The molecule has 4 N–H and O–H groups in total. The Morgan fingerprint density at radius 2 is 2.12 bits per heavy atom. The van der Waals surface area contributed by atoms with Gasteiger partial charge in [0.2, 0.25) is 0 Å². The SMILES string of the molecule is [2H]CC([2H])C([2H])C([2H])C[C@H](O)/C=C/[C@@H]1[C@H](C/C=C\CCCC(=O)O)[C@@H](O)C[C@H]1O. The Morgan fingerprint density at radius 3 is 2.84 bits per heavy atom. The molecular formula is C20H34O5. The highest BCUT2D eigenvalue weighted by atomic mass is 16.4. The van der Waals surface area contributed by atoms with Gasteiger partial charge in [-0.1, -0.05) is 50.4 Å². The lowest BCUT2D eigenvalue weighted by Gasteiger charge is -2.19. The smallest absolute Gasteiger partial charge is 0.303 e. The number of unbranched alkanes of at least 4 members (excludes halogenated alkanes) is 1. The Bertz CT molecular complexity index is 545. The molecule has 0 saturated heterocycles. The maximum atomic E-state index is 10.5. The lowest BCUT2D eigenvalue weighted by molar-refractivity contribution is -0.137. The quantitative estimate of drug-likeness (QED) is 0.317. The summed E-state index contributed by atoms with van der Waals surface area (Å²) in [5.74, 6) is -1.40. The Kier molecular flexibility index (Phi) is 7.84. The molecule has 0 amide bonds. The average molecular weight is 359 g/mol. The first-order valence-electron chi connectivity index (χ1n) is 11.3. The van der Waals surface area contributed by atoms with E-state index in [4.69, 9.17) is 10.6 Å². The van der Waals surface area contributed by atoms with Crippen LogP contribution in [0, 0.1) is 11.8 Å². The molecular weight excluding hydrogens is 320 g/mol. The van der Waals surface area contributed by atoms with Gasteiger partial charge in [-0.05, 0) is 31.6 Å². The van der Waals surface area contributed by atoms with E-state index in [-0.39, 0.29) is 38.0 Å². The third-order valence-electron chi connectivity index (χ3n) is 4.46. The number of hydrogen-bond donors (Lipinski definition) is 4. The second-order valence-electron chi connectivity index (χ2n) is 6.46. The van der Waals surface area contributed by atoms with Crippen molar-refractivity contribution >= 4 is 5.97 Å². The molecule has 0 aliphatic heterocycles. The van der Waals surface area contributed by atoms with Gasteiger partial charge in [-0.15, -0.1) is 0 Å². The first kappa shape index (κ1) is 16.0. The van der Waals surface area contributed by atoms with Crippen molar-refractivity contribution in [1.82, 2.24) is 0 Å². The van der Waals surface area contributed by atoms with Crippen LogP contribution in [0.3, 0.4) is 0 Å². The van der Waals surface area contributed by atoms with Crippen LogP contribution in [-0.2, 0) is 4.79 Å². The Morgan fingerprint density at radius 1 is 1.32 bits per heavy atom. The highest BCUT2D eigenvalue weighted by Crippen LogP contribution is 2.36. The van der Waals surface area contributed by atoms with Gasteiger partial charge in [0.05, 0.1) is 18.3 Å². The molecule has 0 aromatic heterocycles. The van der Waals surface area contributed by atoms with E-state index >= 15 is 0 Å². The van der Waals surface area contributed by atoms with Gasteiger partial charge < -0.3 is 20.4 Å². The maximum absolute atomic E-state index is 10.5. The van der Waals surface area contributed by atoms with Gasteiger partial charge in [-0.25, -0.2) is 0 Å². The van der Waals surface area contributed by atoms with Crippen molar-refractivity contribution in [1.29, 1.82) is 0 Å². The fourth-order valence-electron chi connectivity index (χ4n) is 3.10. The molecule has 5 nitrogen and oxygen atoms in total. The van der Waals surface area contributed by atoms with Crippen LogP contribution in [0.1, 0.15) is 70.1 Å². The molecule has 1 aliphatic rings. The molecule has 0 radical (unpaired) electrons. The minimum atomic E-state index is -1.06. The van der Waals surface area contributed by atoms with E-state index in [0.29, 0.717) is 19.3 Å². The zero-order valence-electron chi connectivity index (χ0n) is 18.6. The van der Waals surface area contributed by atoms with Gasteiger partial charge in [0.15, 0.2) is 0 Å². The fourth-order valence-corrected chi connectivity index (χ4v) is 3.10. The van der Waals surface area contributed by atoms with Gasteiger partial charge in [-0.3, -0.25) is 4.79 Å². The van der Waals surface area contributed by atoms with Gasteiger partial charge in [-0.2, -0.15) is 0 Å². The zero-order valence-corrected chi connectivity index (χ0v) is 14.6. The van der Waals surface area contributed by atoms with Crippen molar-refractivity contribution in [3.05, 3.63) is 24.3 Å². The van der Waals surface area contributed by atoms with E-state index in [1.165, 1.54) is 6.08 Å². The van der Waals surface area contributed by atoms with Crippen molar-refractivity contribution in [3.8, 4) is 0 Å². The third kappa shape index (κ3) is 8.66. The van der Waals surface area contributed by atoms with Crippen molar-refractivity contribution < 1.29 is 30.7 Å². The predicted molar refractivity (Wildman–Crippen MR) is 98.1 cm³/mol. The van der Waals surface area contributed by atoms with E-state index < -0.39 is 43.5 Å². The number of allylic oxidation sites excluding steroid dienone is 2. The monoisotopic (exact) mass is 358 g/mol. The number of hydrogen-bond acceptors (Lipinski definition) is 4. The summed E-state index contributed by atoms with van der Waals surface area (Å²) >= 11 is 0. The summed E-state index contributed by atoms with van der Waals surface area (Å²) in [6.45, 7) is -0.257. The van der Waals surface area contributed by atoms with Gasteiger partial charge in [0.1, 0.15) is 0 Å². The molecule has 0 aromatic rings. The Hall–Kier alpha value is -1.17. The van der Waals surface area contributed by atoms with Gasteiger partial charge in [0, 0.05) is 24.2 Å².